The van der Waals surface area contributed by atoms with Gasteiger partial charge in [0.1, 0.15) is 12.5 Å². The standard InChI is InChI=1S/C22H29NO4S/c1-13(2)26-8-9-27-21(25)18-14(3)23-15-11-22(4,5)12-16(24)19(15)20(18)17-7-6-10-28-17/h6-7,10,13,18,20H,8-9,11-12H2,1-5H3/t18?,20-/m1/s1. The summed E-state index contributed by atoms with van der Waals surface area (Å²) in [5.41, 5.74) is 2.15. The number of hydrogen-bond donors (Lipinski definition) is 0. The van der Waals surface area contributed by atoms with Gasteiger partial charge in [0.2, 0.25) is 0 Å². The minimum absolute atomic E-state index is 0.0893. The Balaban J connectivity index is 1.91. The van der Waals surface area contributed by atoms with Crippen molar-refractivity contribution in [3.05, 3.63) is 33.7 Å². The van der Waals surface area contributed by atoms with Crippen molar-refractivity contribution in [2.24, 2.45) is 16.3 Å². The van der Waals surface area contributed by atoms with Gasteiger partial charge in [0, 0.05) is 34.2 Å². The molecule has 28 heavy (non-hydrogen) atoms. The molecule has 6 heteroatoms. The zero-order valence-corrected chi connectivity index (χ0v) is 18.1. The number of carbonyl (C=O) groups is 2. The van der Waals surface area contributed by atoms with Crippen molar-refractivity contribution in [2.75, 3.05) is 13.2 Å². The lowest BCUT2D eigenvalue weighted by Crippen LogP contribution is -2.39. The van der Waals surface area contributed by atoms with Crippen molar-refractivity contribution in [2.45, 2.75) is 59.5 Å². The Morgan fingerprint density at radius 2 is 2.07 bits per heavy atom. The lowest BCUT2D eigenvalue weighted by molar-refractivity contribution is -0.148. The highest BCUT2D eigenvalue weighted by Crippen LogP contribution is 2.48. The summed E-state index contributed by atoms with van der Waals surface area (Å²) in [4.78, 5) is 31.8. The van der Waals surface area contributed by atoms with Crippen LogP contribution in [-0.2, 0) is 19.1 Å². The first-order valence-electron chi connectivity index (χ1n) is 9.82. The summed E-state index contributed by atoms with van der Waals surface area (Å²) in [6.45, 7) is 10.5. The molecule has 1 aromatic heterocycles. The number of thiophene rings is 1. The van der Waals surface area contributed by atoms with Crippen molar-refractivity contribution in [1.82, 2.24) is 0 Å². The third-order valence-electron chi connectivity index (χ3n) is 5.18. The van der Waals surface area contributed by atoms with Crippen molar-refractivity contribution in [3.63, 3.8) is 0 Å². The number of nitrogens with zero attached hydrogens (tertiary/aromatic N) is 1. The number of allylic oxidation sites excluding steroid dienone is 2. The second-order valence-electron chi connectivity index (χ2n) is 8.61. The van der Waals surface area contributed by atoms with Gasteiger partial charge < -0.3 is 9.47 Å². The Morgan fingerprint density at radius 1 is 1.32 bits per heavy atom. The summed E-state index contributed by atoms with van der Waals surface area (Å²) in [5.74, 6) is -1.12. The average Bonchev–Trinajstić information content (AvgIpc) is 3.10. The molecule has 1 aliphatic heterocycles. The molecule has 0 saturated heterocycles. The molecule has 1 unspecified atom stereocenters. The van der Waals surface area contributed by atoms with Crippen LogP contribution >= 0.6 is 11.3 Å². The van der Waals surface area contributed by atoms with Crippen molar-refractivity contribution in [3.8, 4) is 0 Å². The topological polar surface area (TPSA) is 65.0 Å². The maximum Gasteiger partial charge on any atom is 0.315 e. The molecule has 5 nitrogen and oxygen atoms in total. The van der Waals surface area contributed by atoms with Gasteiger partial charge in [0.05, 0.1) is 12.7 Å². The molecule has 0 amide bonds. The monoisotopic (exact) mass is 403 g/mol. The normalized spacial score (nSPS) is 24.2. The molecular weight excluding hydrogens is 374 g/mol. The summed E-state index contributed by atoms with van der Waals surface area (Å²) in [6, 6.07) is 3.95. The molecule has 0 spiro atoms. The quantitative estimate of drug-likeness (QED) is 0.517. The zero-order valence-electron chi connectivity index (χ0n) is 17.3. The van der Waals surface area contributed by atoms with Gasteiger partial charge in [0.25, 0.3) is 0 Å². The van der Waals surface area contributed by atoms with Crippen LogP contribution in [0.4, 0.5) is 0 Å². The van der Waals surface area contributed by atoms with Gasteiger partial charge in [-0.15, -0.1) is 11.3 Å². The molecule has 1 aliphatic carbocycles. The molecule has 3 rings (SSSR count). The minimum Gasteiger partial charge on any atom is -0.463 e. The number of hydrogen-bond acceptors (Lipinski definition) is 6. The Morgan fingerprint density at radius 3 is 2.71 bits per heavy atom. The smallest absolute Gasteiger partial charge is 0.315 e. The van der Waals surface area contributed by atoms with Crippen LogP contribution in [0, 0.1) is 11.3 Å². The first-order valence-corrected chi connectivity index (χ1v) is 10.7. The predicted molar refractivity (Wildman–Crippen MR) is 111 cm³/mol. The van der Waals surface area contributed by atoms with Crippen LogP contribution in [-0.4, -0.2) is 36.8 Å². The van der Waals surface area contributed by atoms with E-state index in [1.54, 1.807) is 11.3 Å². The highest BCUT2D eigenvalue weighted by molar-refractivity contribution is 7.10. The molecule has 1 aromatic rings. The van der Waals surface area contributed by atoms with E-state index in [-0.39, 0.29) is 35.8 Å². The number of carbonyl (C=O) groups excluding carboxylic acids is 2. The summed E-state index contributed by atoms with van der Waals surface area (Å²) in [5, 5.41) is 1.98. The Hall–Kier alpha value is -1.79. The van der Waals surface area contributed by atoms with Crippen LogP contribution in [0.1, 0.15) is 58.3 Å². The van der Waals surface area contributed by atoms with Gasteiger partial charge in [-0.1, -0.05) is 19.9 Å². The SMILES string of the molecule is CC1=NC2=C(C(=O)CC(C)(C)C2)[C@H](c2cccs2)C1C(=O)OCCOC(C)C. The van der Waals surface area contributed by atoms with Crippen LogP contribution in [0.25, 0.3) is 0 Å². The molecule has 2 aliphatic rings. The summed E-state index contributed by atoms with van der Waals surface area (Å²) < 4.78 is 11.0. The zero-order chi connectivity index (χ0) is 20.5. The fraction of sp³-hybridized carbons (Fsp3) is 0.591. The molecule has 0 fully saturated rings. The van der Waals surface area contributed by atoms with Gasteiger partial charge >= 0.3 is 5.97 Å². The third-order valence-corrected chi connectivity index (χ3v) is 6.14. The maximum absolute atomic E-state index is 13.1. The average molecular weight is 404 g/mol. The van der Waals surface area contributed by atoms with E-state index in [0.717, 1.165) is 22.7 Å². The van der Waals surface area contributed by atoms with Gasteiger partial charge in [-0.25, -0.2) is 0 Å². The highest BCUT2D eigenvalue weighted by atomic mass is 32.1. The van der Waals surface area contributed by atoms with Crippen LogP contribution in [0.3, 0.4) is 0 Å². The maximum atomic E-state index is 13.1. The number of aliphatic imine (C=N–C) groups is 1. The van der Waals surface area contributed by atoms with Gasteiger partial charge in [0.15, 0.2) is 5.78 Å². The first kappa shape index (κ1) is 20.9. The van der Waals surface area contributed by atoms with E-state index in [0.29, 0.717) is 18.6 Å². The summed E-state index contributed by atoms with van der Waals surface area (Å²) >= 11 is 1.57. The summed E-state index contributed by atoms with van der Waals surface area (Å²) in [6.07, 6.45) is 1.32. The minimum atomic E-state index is -0.568. The second kappa shape index (κ2) is 8.29. The molecule has 0 bridgehead atoms. The first-order chi connectivity index (χ1) is 13.2. The lowest BCUT2D eigenvalue weighted by Gasteiger charge is -2.38. The van der Waals surface area contributed by atoms with Gasteiger partial charge in [-0.3, -0.25) is 14.6 Å². The molecule has 152 valence electrons. The number of rotatable bonds is 6. The molecule has 2 heterocycles. The second-order valence-corrected chi connectivity index (χ2v) is 9.59. The lowest BCUT2D eigenvalue weighted by atomic mass is 9.68. The largest absolute Gasteiger partial charge is 0.463 e. The van der Waals surface area contributed by atoms with Crippen LogP contribution < -0.4 is 0 Å². The molecule has 0 radical (unpaired) electrons. The van der Waals surface area contributed by atoms with Crippen LogP contribution in [0.15, 0.2) is 33.8 Å². The van der Waals surface area contributed by atoms with E-state index in [4.69, 9.17) is 14.5 Å². The molecule has 2 atom stereocenters. The number of ketones is 1. The summed E-state index contributed by atoms with van der Waals surface area (Å²) in [7, 11) is 0. The molecule has 0 aromatic carbocycles. The predicted octanol–water partition coefficient (Wildman–Crippen LogP) is 4.53. The fourth-order valence-electron chi connectivity index (χ4n) is 4.04. The van der Waals surface area contributed by atoms with E-state index in [1.807, 2.05) is 38.3 Å². The molecular formula is C22H29NO4S. The Labute approximate surface area is 170 Å². The van der Waals surface area contributed by atoms with Crippen LogP contribution in [0.5, 0.6) is 0 Å². The van der Waals surface area contributed by atoms with Crippen LogP contribution in [0.2, 0.25) is 0 Å². The van der Waals surface area contributed by atoms with Crippen molar-refractivity contribution < 1.29 is 19.1 Å². The van der Waals surface area contributed by atoms with E-state index >= 15 is 0 Å². The number of Topliss-reactive ketones (excluding diaryl/α,β-unsaturated/α-hetero) is 1. The number of ether oxygens (including phenoxy) is 2. The van der Waals surface area contributed by atoms with Gasteiger partial charge in [-0.05, 0) is 44.1 Å². The van der Waals surface area contributed by atoms with E-state index in [1.165, 1.54) is 0 Å². The molecule has 0 N–H and O–H groups in total. The number of esters is 1. The van der Waals surface area contributed by atoms with E-state index in [9.17, 15) is 9.59 Å². The van der Waals surface area contributed by atoms with E-state index < -0.39 is 5.92 Å². The van der Waals surface area contributed by atoms with Crippen molar-refractivity contribution in [1.29, 1.82) is 0 Å². The Bertz CT molecular complexity index is 805. The highest BCUT2D eigenvalue weighted by Gasteiger charge is 2.46. The van der Waals surface area contributed by atoms with Gasteiger partial charge in [-0.2, -0.15) is 0 Å². The molecule has 0 saturated carbocycles. The van der Waals surface area contributed by atoms with Crippen molar-refractivity contribution >= 4 is 28.8 Å². The van der Waals surface area contributed by atoms with E-state index in [2.05, 4.69) is 13.8 Å². The third kappa shape index (κ3) is 4.44. The Kier molecular flexibility index (Phi) is 6.20. The fourth-order valence-corrected chi connectivity index (χ4v) is 4.91.